The summed E-state index contributed by atoms with van der Waals surface area (Å²) < 4.78 is 5.81. The van der Waals surface area contributed by atoms with Crippen molar-refractivity contribution in [2.45, 2.75) is 6.61 Å². The van der Waals surface area contributed by atoms with Gasteiger partial charge in [-0.2, -0.15) is 11.3 Å². The number of hydrogen-bond acceptors (Lipinski definition) is 4. The van der Waals surface area contributed by atoms with Gasteiger partial charge in [-0.1, -0.05) is 29.3 Å². The number of carboxylic acid groups (broad SMARTS) is 1. The first-order valence-corrected chi connectivity index (χ1v) is 9.52. The molecule has 2 N–H and O–H groups in total. The molecule has 0 saturated heterocycles. The average molecular weight is 421 g/mol. The molecule has 1 aromatic heterocycles. The standard InChI is InChI=1S/C20H14Cl2O4S/c21-17-4-5-18(23)20(22)16(17)10-26-14-3-1-12(2-6-19(24)25)15(9-14)13-7-8-27-11-13/h1-9,11,23H,10H2,(H,24,25). The monoisotopic (exact) mass is 420 g/mol. The number of thiophene rings is 1. The van der Waals surface area contributed by atoms with Crippen LogP contribution in [0.3, 0.4) is 0 Å². The third kappa shape index (κ3) is 4.63. The summed E-state index contributed by atoms with van der Waals surface area (Å²) in [5.74, 6) is -0.508. The Morgan fingerprint density at radius 2 is 2.00 bits per heavy atom. The van der Waals surface area contributed by atoms with Gasteiger partial charge in [-0.3, -0.25) is 0 Å². The van der Waals surface area contributed by atoms with E-state index in [4.69, 9.17) is 33.0 Å². The van der Waals surface area contributed by atoms with Crippen molar-refractivity contribution < 1.29 is 19.7 Å². The van der Waals surface area contributed by atoms with E-state index in [1.165, 1.54) is 6.07 Å². The van der Waals surface area contributed by atoms with Crippen LogP contribution < -0.4 is 4.74 Å². The van der Waals surface area contributed by atoms with Gasteiger partial charge in [0.15, 0.2) is 0 Å². The Kier molecular flexibility index (Phi) is 6.06. The van der Waals surface area contributed by atoms with E-state index in [1.807, 2.05) is 22.9 Å². The van der Waals surface area contributed by atoms with Gasteiger partial charge in [-0.05, 0) is 63.9 Å². The van der Waals surface area contributed by atoms with E-state index >= 15 is 0 Å². The van der Waals surface area contributed by atoms with E-state index in [0.717, 1.165) is 22.8 Å². The van der Waals surface area contributed by atoms with Crippen molar-refractivity contribution in [1.82, 2.24) is 0 Å². The lowest BCUT2D eigenvalue weighted by atomic mass is 10.0. The molecule has 4 nitrogen and oxygen atoms in total. The maximum atomic E-state index is 10.8. The highest BCUT2D eigenvalue weighted by Crippen LogP contribution is 2.34. The number of ether oxygens (including phenoxy) is 1. The summed E-state index contributed by atoms with van der Waals surface area (Å²) in [6, 6.07) is 10.3. The van der Waals surface area contributed by atoms with Crippen LogP contribution in [0.4, 0.5) is 0 Å². The molecule has 27 heavy (non-hydrogen) atoms. The van der Waals surface area contributed by atoms with Gasteiger partial charge in [0, 0.05) is 16.7 Å². The van der Waals surface area contributed by atoms with Crippen molar-refractivity contribution in [3.63, 3.8) is 0 Å². The maximum absolute atomic E-state index is 10.8. The minimum atomic E-state index is -1.01. The van der Waals surface area contributed by atoms with E-state index in [0.29, 0.717) is 16.3 Å². The molecule has 0 spiro atoms. The Morgan fingerprint density at radius 1 is 1.19 bits per heavy atom. The highest BCUT2D eigenvalue weighted by Gasteiger charge is 2.12. The fraction of sp³-hybridized carbons (Fsp3) is 0.0500. The molecule has 0 aliphatic carbocycles. The molecular formula is C20H14Cl2O4S. The van der Waals surface area contributed by atoms with Gasteiger partial charge >= 0.3 is 5.97 Å². The minimum Gasteiger partial charge on any atom is -0.506 e. The van der Waals surface area contributed by atoms with Crippen LogP contribution in [0.2, 0.25) is 10.0 Å². The van der Waals surface area contributed by atoms with Gasteiger partial charge in [0.1, 0.15) is 18.1 Å². The first-order valence-electron chi connectivity index (χ1n) is 7.82. The van der Waals surface area contributed by atoms with Crippen LogP contribution in [0.5, 0.6) is 11.5 Å². The second-order valence-corrected chi connectivity index (χ2v) is 7.15. The Morgan fingerprint density at radius 3 is 2.70 bits per heavy atom. The molecule has 0 amide bonds. The zero-order valence-corrected chi connectivity index (χ0v) is 16.2. The van der Waals surface area contributed by atoms with Crippen molar-refractivity contribution in [3.05, 3.63) is 74.4 Å². The molecule has 3 rings (SSSR count). The topological polar surface area (TPSA) is 66.8 Å². The molecule has 0 saturated carbocycles. The number of hydrogen-bond donors (Lipinski definition) is 2. The average Bonchev–Trinajstić information content (AvgIpc) is 3.18. The molecular weight excluding hydrogens is 407 g/mol. The largest absolute Gasteiger partial charge is 0.506 e. The van der Waals surface area contributed by atoms with Crippen molar-refractivity contribution in [1.29, 1.82) is 0 Å². The molecule has 7 heteroatoms. The SMILES string of the molecule is O=C(O)C=Cc1ccc(OCc2c(Cl)ccc(O)c2Cl)cc1-c1ccsc1. The van der Waals surface area contributed by atoms with Gasteiger partial charge < -0.3 is 14.9 Å². The highest BCUT2D eigenvalue weighted by molar-refractivity contribution is 7.08. The molecule has 0 fully saturated rings. The number of aliphatic carboxylic acids is 1. The van der Waals surface area contributed by atoms with Crippen LogP contribution in [0.15, 0.2) is 53.2 Å². The summed E-state index contributed by atoms with van der Waals surface area (Å²) in [7, 11) is 0. The van der Waals surface area contributed by atoms with Crippen molar-refractivity contribution in [2.75, 3.05) is 0 Å². The summed E-state index contributed by atoms with van der Waals surface area (Å²) in [4.78, 5) is 10.8. The molecule has 138 valence electrons. The number of halogens is 2. The zero-order valence-electron chi connectivity index (χ0n) is 13.9. The summed E-state index contributed by atoms with van der Waals surface area (Å²) in [5, 5.41) is 23.1. The van der Waals surface area contributed by atoms with Crippen LogP contribution in [0, 0.1) is 0 Å². The number of carbonyl (C=O) groups is 1. The quantitative estimate of drug-likeness (QED) is 0.472. The highest BCUT2D eigenvalue weighted by atomic mass is 35.5. The fourth-order valence-corrected chi connectivity index (χ4v) is 3.61. The summed E-state index contributed by atoms with van der Waals surface area (Å²) in [6.07, 6.45) is 2.64. The zero-order chi connectivity index (χ0) is 19.4. The first-order chi connectivity index (χ1) is 13.0. The third-order valence-corrected chi connectivity index (χ3v) is 5.27. The Hall–Kier alpha value is -2.47. The van der Waals surface area contributed by atoms with E-state index in [1.54, 1.807) is 35.6 Å². The van der Waals surface area contributed by atoms with E-state index < -0.39 is 5.97 Å². The first kappa shape index (κ1) is 19.3. The molecule has 2 aromatic carbocycles. The molecule has 0 radical (unpaired) electrons. The van der Waals surface area contributed by atoms with Crippen molar-refractivity contribution in [3.8, 4) is 22.6 Å². The molecule has 0 aliphatic heterocycles. The van der Waals surface area contributed by atoms with Crippen LogP contribution in [-0.2, 0) is 11.4 Å². The lowest BCUT2D eigenvalue weighted by molar-refractivity contribution is -0.131. The minimum absolute atomic E-state index is 0.0622. The van der Waals surface area contributed by atoms with E-state index in [-0.39, 0.29) is 17.4 Å². The van der Waals surface area contributed by atoms with Crippen LogP contribution in [-0.4, -0.2) is 16.2 Å². The lowest BCUT2D eigenvalue weighted by Gasteiger charge is -2.12. The lowest BCUT2D eigenvalue weighted by Crippen LogP contribution is -1.98. The fourth-order valence-electron chi connectivity index (χ4n) is 2.47. The number of phenols is 1. The maximum Gasteiger partial charge on any atom is 0.328 e. The molecule has 0 bridgehead atoms. The normalized spacial score (nSPS) is 11.0. The van der Waals surface area contributed by atoms with Crippen molar-refractivity contribution in [2.24, 2.45) is 0 Å². The van der Waals surface area contributed by atoms with Crippen LogP contribution >= 0.6 is 34.5 Å². The van der Waals surface area contributed by atoms with Gasteiger partial charge in [-0.15, -0.1) is 0 Å². The second-order valence-electron chi connectivity index (χ2n) is 5.58. The predicted octanol–water partition coefficient (Wildman–Crippen LogP) is 6.10. The smallest absolute Gasteiger partial charge is 0.328 e. The second kappa shape index (κ2) is 8.48. The van der Waals surface area contributed by atoms with Gasteiger partial charge in [0.2, 0.25) is 0 Å². The molecule has 0 atom stereocenters. The Balaban J connectivity index is 1.90. The predicted molar refractivity (Wildman–Crippen MR) is 109 cm³/mol. The summed E-state index contributed by atoms with van der Waals surface area (Å²) in [6.45, 7) is 0.0828. The van der Waals surface area contributed by atoms with E-state index in [2.05, 4.69) is 0 Å². The van der Waals surface area contributed by atoms with Gasteiger partial charge in [0.25, 0.3) is 0 Å². The van der Waals surface area contributed by atoms with Gasteiger partial charge in [0.05, 0.1) is 5.02 Å². The number of aromatic hydroxyl groups is 1. The number of phenolic OH excluding ortho intramolecular Hbond substituents is 1. The molecule has 0 unspecified atom stereocenters. The summed E-state index contributed by atoms with van der Waals surface area (Å²) in [5.41, 5.74) is 3.06. The molecule has 3 aromatic rings. The third-order valence-electron chi connectivity index (χ3n) is 3.81. The Bertz CT molecular complexity index is 997. The number of rotatable bonds is 6. The van der Waals surface area contributed by atoms with Crippen LogP contribution in [0.25, 0.3) is 17.2 Å². The summed E-state index contributed by atoms with van der Waals surface area (Å²) >= 11 is 13.8. The number of benzene rings is 2. The Labute approximate surface area is 169 Å². The molecule has 1 heterocycles. The number of carboxylic acids is 1. The molecule has 0 aliphatic rings. The van der Waals surface area contributed by atoms with Crippen molar-refractivity contribution >= 4 is 46.6 Å². The van der Waals surface area contributed by atoms with E-state index in [9.17, 15) is 9.90 Å². The van der Waals surface area contributed by atoms with Gasteiger partial charge in [-0.25, -0.2) is 4.79 Å². The van der Waals surface area contributed by atoms with Crippen LogP contribution in [0.1, 0.15) is 11.1 Å².